The molecular formula is C14H28N4O3. The summed E-state index contributed by atoms with van der Waals surface area (Å²) in [6.07, 6.45) is 2.40. The van der Waals surface area contributed by atoms with Crippen LogP contribution in [0.5, 0.6) is 0 Å². The van der Waals surface area contributed by atoms with Gasteiger partial charge in [-0.15, -0.1) is 0 Å². The Morgan fingerprint density at radius 3 is 2.86 bits per heavy atom. The third-order valence-electron chi connectivity index (χ3n) is 3.14. The first kappa shape index (κ1) is 17.7. The van der Waals surface area contributed by atoms with Crippen molar-refractivity contribution in [3.8, 4) is 0 Å². The van der Waals surface area contributed by atoms with Crippen LogP contribution in [0.4, 0.5) is 0 Å². The molecule has 1 aliphatic rings. The second-order valence-electron chi connectivity index (χ2n) is 5.09. The highest BCUT2D eigenvalue weighted by atomic mass is 16.5. The summed E-state index contributed by atoms with van der Waals surface area (Å²) in [5.41, 5.74) is 0. The summed E-state index contributed by atoms with van der Waals surface area (Å²) in [7, 11) is 3.44. The van der Waals surface area contributed by atoms with Gasteiger partial charge < -0.3 is 25.0 Å². The van der Waals surface area contributed by atoms with Gasteiger partial charge in [0.1, 0.15) is 6.54 Å². The summed E-state index contributed by atoms with van der Waals surface area (Å²) < 4.78 is 10.8. The molecule has 1 atom stereocenters. The molecule has 0 saturated carbocycles. The first-order valence-corrected chi connectivity index (χ1v) is 7.55. The number of carbonyl (C=O) groups excluding carboxylic acids is 1. The Morgan fingerprint density at radius 2 is 2.24 bits per heavy atom. The van der Waals surface area contributed by atoms with E-state index in [2.05, 4.69) is 15.6 Å². The Morgan fingerprint density at radius 1 is 1.43 bits per heavy atom. The molecule has 0 bridgehead atoms. The van der Waals surface area contributed by atoms with Gasteiger partial charge in [0.15, 0.2) is 5.96 Å². The van der Waals surface area contributed by atoms with Gasteiger partial charge in [-0.3, -0.25) is 4.79 Å². The molecule has 1 fully saturated rings. The van der Waals surface area contributed by atoms with Crippen molar-refractivity contribution in [1.82, 2.24) is 15.5 Å². The molecule has 0 aromatic rings. The average molecular weight is 300 g/mol. The van der Waals surface area contributed by atoms with E-state index in [0.717, 1.165) is 19.4 Å². The predicted molar refractivity (Wildman–Crippen MR) is 82.5 cm³/mol. The van der Waals surface area contributed by atoms with Crippen LogP contribution >= 0.6 is 0 Å². The molecule has 1 rings (SSSR count). The standard InChI is InChI=1S/C14H28N4O3/c1-4-20-9-7-15-14(17-11-13(19)18(2)3)16-10-12-6-5-8-21-12/h12H,4-11H2,1-3H3,(H2,15,16,17). The molecule has 0 aliphatic carbocycles. The van der Waals surface area contributed by atoms with E-state index in [0.29, 0.717) is 32.3 Å². The van der Waals surface area contributed by atoms with Crippen molar-refractivity contribution in [2.24, 2.45) is 4.99 Å². The lowest BCUT2D eigenvalue weighted by Gasteiger charge is -2.16. The largest absolute Gasteiger partial charge is 0.380 e. The maximum absolute atomic E-state index is 11.6. The lowest BCUT2D eigenvalue weighted by atomic mass is 10.2. The summed E-state index contributed by atoms with van der Waals surface area (Å²) in [5.74, 6) is 0.596. The van der Waals surface area contributed by atoms with E-state index >= 15 is 0 Å². The van der Waals surface area contributed by atoms with Crippen LogP contribution in [0.15, 0.2) is 4.99 Å². The minimum Gasteiger partial charge on any atom is -0.380 e. The number of likely N-dealkylation sites (N-methyl/N-ethyl adjacent to an activating group) is 1. The fourth-order valence-corrected chi connectivity index (χ4v) is 1.86. The Kier molecular flexibility index (Phi) is 8.77. The van der Waals surface area contributed by atoms with E-state index in [1.54, 1.807) is 14.1 Å². The van der Waals surface area contributed by atoms with Crippen LogP contribution in [-0.2, 0) is 14.3 Å². The number of nitrogens with zero attached hydrogens (tertiary/aromatic N) is 2. The summed E-state index contributed by atoms with van der Waals surface area (Å²) >= 11 is 0. The van der Waals surface area contributed by atoms with Gasteiger partial charge in [-0.05, 0) is 19.8 Å². The lowest BCUT2D eigenvalue weighted by Crippen LogP contribution is -2.43. The summed E-state index contributed by atoms with van der Waals surface area (Å²) in [4.78, 5) is 17.4. The van der Waals surface area contributed by atoms with Crippen LogP contribution in [0.3, 0.4) is 0 Å². The van der Waals surface area contributed by atoms with Gasteiger partial charge in [0.25, 0.3) is 0 Å². The fourth-order valence-electron chi connectivity index (χ4n) is 1.86. The molecular weight excluding hydrogens is 272 g/mol. The van der Waals surface area contributed by atoms with E-state index in [1.807, 2.05) is 6.92 Å². The minimum absolute atomic E-state index is 0.0296. The van der Waals surface area contributed by atoms with E-state index < -0.39 is 0 Å². The van der Waals surface area contributed by atoms with E-state index in [9.17, 15) is 4.79 Å². The molecule has 1 saturated heterocycles. The first-order valence-electron chi connectivity index (χ1n) is 7.55. The summed E-state index contributed by atoms with van der Waals surface area (Å²) in [5, 5.41) is 6.38. The zero-order valence-electron chi connectivity index (χ0n) is 13.4. The zero-order valence-corrected chi connectivity index (χ0v) is 13.4. The maximum Gasteiger partial charge on any atom is 0.243 e. The number of rotatable bonds is 8. The van der Waals surface area contributed by atoms with Crippen LogP contribution in [0.1, 0.15) is 19.8 Å². The predicted octanol–water partition coefficient (Wildman–Crippen LogP) is -0.175. The topological polar surface area (TPSA) is 75.2 Å². The molecule has 1 aliphatic heterocycles. The fraction of sp³-hybridized carbons (Fsp3) is 0.857. The van der Waals surface area contributed by atoms with Crippen molar-refractivity contribution >= 4 is 11.9 Å². The van der Waals surface area contributed by atoms with Crippen molar-refractivity contribution < 1.29 is 14.3 Å². The number of guanidine groups is 1. The zero-order chi connectivity index (χ0) is 15.5. The first-order chi connectivity index (χ1) is 10.1. The molecule has 0 aromatic carbocycles. The quantitative estimate of drug-likeness (QED) is 0.370. The highest BCUT2D eigenvalue weighted by Gasteiger charge is 2.15. The molecule has 122 valence electrons. The van der Waals surface area contributed by atoms with Gasteiger partial charge in [0, 0.05) is 40.4 Å². The Hall–Kier alpha value is -1.34. The number of aliphatic imine (C=N–C) groups is 1. The molecule has 1 amide bonds. The molecule has 0 spiro atoms. The molecule has 1 unspecified atom stereocenters. The average Bonchev–Trinajstić information content (AvgIpc) is 2.98. The molecule has 0 radical (unpaired) electrons. The third-order valence-corrected chi connectivity index (χ3v) is 3.14. The van der Waals surface area contributed by atoms with Crippen LogP contribution in [0, 0.1) is 0 Å². The van der Waals surface area contributed by atoms with Crippen molar-refractivity contribution in [3.63, 3.8) is 0 Å². The number of ether oxygens (including phenoxy) is 2. The van der Waals surface area contributed by atoms with Crippen molar-refractivity contribution in [2.45, 2.75) is 25.9 Å². The Bertz CT molecular complexity index is 328. The van der Waals surface area contributed by atoms with E-state index in [1.165, 1.54) is 4.90 Å². The smallest absolute Gasteiger partial charge is 0.243 e. The van der Waals surface area contributed by atoms with Crippen LogP contribution in [0.2, 0.25) is 0 Å². The van der Waals surface area contributed by atoms with E-state index in [-0.39, 0.29) is 18.6 Å². The number of hydrogen-bond acceptors (Lipinski definition) is 4. The van der Waals surface area contributed by atoms with Gasteiger partial charge in [0.2, 0.25) is 5.91 Å². The van der Waals surface area contributed by atoms with Crippen LogP contribution in [-0.4, -0.2) is 76.4 Å². The second kappa shape index (κ2) is 10.4. The Balaban J connectivity index is 2.39. The summed E-state index contributed by atoms with van der Waals surface area (Å²) in [6, 6.07) is 0. The lowest BCUT2D eigenvalue weighted by molar-refractivity contribution is -0.127. The monoisotopic (exact) mass is 300 g/mol. The molecule has 1 heterocycles. The van der Waals surface area contributed by atoms with Crippen molar-refractivity contribution in [3.05, 3.63) is 0 Å². The van der Waals surface area contributed by atoms with Crippen LogP contribution < -0.4 is 10.6 Å². The highest BCUT2D eigenvalue weighted by Crippen LogP contribution is 2.10. The highest BCUT2D eigenvalue weighted by molar-refractivity contribution is 5.84. The molecule has 7 nitrogen and oxygen atoms in total. The van der Waals surface area contributed by atoms with Gasteiger partial charge in [-0.25, -0.2) is 4.99 Å². The van der Waals surface area contributed by atoms with Crippen molar-refractivity contribution in [2.75, 3.05) is 53.6 Å². The Labute approximate surface area is 127 Å². The molecule has 0 aromatic heterocycles. The maximum atomic E-state index is 11.6. The summed E-state index contributed by atoms with van der Waals surface area (Å²) in [6.45, 7) is 5.58. The van der Waals surface area contributed by atoms with Gasteiger partial charge in [-0.1, -0.05) is 0 Å². The molecule has 7 heteroatoms. The molecule has 21 heavy (non-hydrogen) atoms. The SMILES string of the molecule is CCOCCNC(=NCC(=O)N(C)C)NCC1CCCO1. The van der Waals surface area contributed by atoms with Gasteiger partial charge in [-0.2, -0.15) is 0 Å². The number of nitrogens with one attached hydrogen (secondary N) is 2. The van der Waals surface area contributed by atoms with Crippen LogP contribution in [0.25, 0.3) is 0 Å². The van der Waals surface area contributed by atoms with Crippen molar-refractivity contribution in [1.29, 1.82) is 0 Å². The number of amides is 1. The van der Waals surface area contributed by atoms with Gasteiger partial charge >= 0.3 is 0 Å². The van der Waals surface area contributed by atoms with E-state index in [4.69, 9.17) is 9.47 Å². The number of carbonyl (C=O) groups is 1. The molecule has 2 N–H and O–H groups in total. The third kappa shape index (κ3) is 7.87. The number of hydrogen-bond donors (Lipinski definition) is 2. The second-order valence-corrected chi connectivity index (χ2v) is 5.09. The van der Waals surface area contributed by atoms with Gasteiger partial charge in [0.05, 0.1) is 12.7 Å². The minimum atomic E-state index is -0.0296. The normalized spacial score (nSPS) is 18.6.